The van der Waals surface area contributed by atoms with Crippen LogP contribution in [0.15, 0.2) is 4.99 Å². The molecule has 1 amide bonds. The van der Waals surface area contributed by atoms with Crippen LogP contribution in [-0.2, 0) is 14.2 Å². The van der Waals surface area contributed by atoms with E-state index in [-0.39, 0.29) is 42.2 Å². The predicted molar refractivity (Wildman–Crippen MR) is 113 cm³/mol. The summed E-state index contributed by atoms with van der Waals surface area (Å²) in [6, 6.07) is -0.175. The summed E-state index contributed by atoms with van der Waals surface area (Å²) in [5, 5.41) is 6.39. The van der Waals surface area contributed by atoms with Gasteiger partial charge in [0.2, 0.25) is 0 Å². The fourth-order valence-corrected chi connectivity index (χ4v) is 2.82. The van der Waals surface area contributed by atoms with Crippen molar-refractivity contribution in [2.45, 2.75) is 65.0 Å². The van der Waals surface area contributed by atoms with Gasteiger partial charge in [-0.3, -0.25) is 9.89 Å². The maximum Gasteiger partial charge on any atom is 0.412 e. The number of guanidine groups is 1. The van der Waals surface area contributed by atoms with Crippen molar-refractivity contribution in [3.8, 4) is 0 Å². The molecule has 2 unspecified atom stereocenters. The van der Waals surface area contributed by atoms with Gasteiger partial charge in [0.15, 0.2) is 5.96 Å². The SMILES string of the molecule is CN=C(NCCOC)NCC1C(C)OC(C)(C)N1C(=O)OC(C)(C)C.I. The molecule has 0 aromatic rings. The molecule has 8 nitrogen and oxygen atoms in total. The van der Waals surface area contributed by atoms with E-state index in [0.29, 0.717) is 25.7 Å². The van der Waals surface area contributed by atoms with Crippen LogP contribution in [0.3, 0.4) is 0 Å². The van der Waals surface area contributed by atoms with E-state index in [1.807, 2.05) is 41.5 Å². The molecule has 9 heteroatoms. The van der Waals surface area contributed by atoms with Crippen molar-refractivity contribution in [3.63, 3.8) is 0 Å². The molecule has 1 saturated heterocycles. The normalized spacial score (nSPS) is 22.6. The molecular weight excluding hydrogens is 451 g/mol. The number of carbonyl (C=O) groups excluding carboxylic acids is 1. The van der Waals surface area contributed by atoms with E-state index >= 15 is 0 Å². The average Bonchev–Trinajstić information content (AvgIpc) is 2.69. The number of ether oxygens (including phenoxy) is 3. The molecule has 0 radical (unpaired) electrons. The van der Waals surface area contributed by atoms with E-state index in [0.717, 1.165) is 0 Å². The average molecular weight is 486 g/mol. The van der Waals surface area contributed by atoms with Crippen LogP contribution in [0, 0.1) is 0 Å². The first kappa shape index (κ1) is 25.2. The van der Waals surface area contributed by atoms with Crippen LogP contribution in [0.25, 0.3) is 0 Å². The molecule has 1 heterocycles. The van der Waals surface area contributed by atoms with Gasteiger partial charge >= 0.3 is 6.09 Å². The number of nitrogens with one attached hydrogen (secondary N) is 2. The van der Waals surface area contributed by atoms with Crippen molar-refractivity contribution in [3.05, 3.63) is 0 Å². The Morgan fingerprint density at radius 3 is 2.42 bits per heavy atom. The summed E-state index contributed by atoms with van der Waals surface area (Å²) in [5.74, 6) is 0.651. The molecule has 1 aliphatic heterocycles. The Labute approximate surface area is 174 Å². The summed E-state index contributed by atoms with van der Waals surface area (Å²) in [6.45, 7) is 13.0. The maximum atomic E-state index is 12.7. The zero-order valence-corrected chi connectivity index (χ0v) is 19.5. The predicted octanol–water partition coefficient (Wildman–Crippen LogP) is 2.18. The van der Waals surface area contributed by atoms with E-state index in [9.17, 15) is 4.79 Å². The molecule has 0 spiro atoms. The summed E-state index contributed by atoms with van der Waals surface area (Å²) < 4.78 is 16.6. The lowest BCUT2D eigenvalue weighted by Gasteiger charge is -2.35. The van der Waals surface area contributed by atoms with Crippen molar-refractivity contribution in [2.75, 3.05) is 33.9 Å². The molecule has 154 valence electrons. The van der Waals surface area contributed by atoms with Crippen molar-refractivity contribution in [2.24, 2.45) is 4.99 Å². The third kappa shape index (κ3) is 7.43. The minimum absolute atomic E-state index is 0. The van der Waals surface area contributed by atoms with Gasteiger partial charge in [0.25, 0.3) is 0 Å². The number of nitrogens with zero attached hydrogens (tertiary/aromatic N) is 2. The second kappa shape index (κ2) is 10.5. The smallest absolute Gasteiger partial charge is 0.412 e. The zero-order valence-electron chi connectivity index (χ0n) is 17.2. The van der Waals surface area contributed by atoms with Crippen LogP contribution in [0.2, 0.25) is 0 Å². The van der Waals surface area contributed by atoms with Crippen molar-refractivity contribution in [1.82, 2.24) is 15.5 Å². The first-order chi connectivity index (χ1) is 11.5. The third-order valence-electron chi connectivity index (χ3n) is 3.82. The molecule has 0 aliphatic carbocycles. The third-order valence-corrected chi connectivity index (χ3v) is 3.82. The molecule has 0 aromatic carbocycles. The molecule has 0 aromatic heterocycles. The minimum atomic E-state index is -0.735. The number of carbonyl (C=O) groups is 1. The lowest BCUT2D eigenvalue weighted by atomic mass is 10.1. The summed E-state index contributed by atoms with van der Waals surface area (Å²) in [5.41, 5.74) is -1.30. The topological polar surface area (TPSA) is 84.4 Å². The lowest BCUT2D eigenvalue weighted by Crippen LogP contribution is -2.54. The zero-order chi connectivity index (χ0) is 19.3. The van der Waals surface area contributed by atoms with Gasteiger partial charge in [-0.25, -0.2) is 4.79 Å². The highest BCUT2D eigenvalue weighted by molar-refractivity contribution is 14.0. The Balaban J connectivity index is 0.00000625. The number of amides is 1. The van der Waals surface area contributed by atoms with Gasteiger partial charge in [-0.2, -0.15) is 0 Å². The van der Waals surface area contributed by atoms with Crippen LogP contribution in [-0.4, -0.2) is 74.3 Å². The lowest BCUT2D eigenvalue weighted by molar-refractivity contribution is -0.0755. The molecule has 1 rings (SSSR count). The van der Waals surface area contributed by atoms with E-state index in [2.05, 4.69) is 15.6 Å². The molecule has 1 fully saturated rings. The van der Waals surface area contributed by atoms with Crippen LogP contribution in [0.5, 0.6) is 0 Å². The quantitative estimate of drug-likeness (QED) is 0.268. The van der Waals surface area contributed by atoms with Gasteiger partial charge in [0.1, 0.15) is 11.3 Å². The Hall–Kier alpha value is -0.810. The maximum absolute atomic E-state index is 12.7. The summed E-state index contributed by atoms with van der Waals surface area (Å²) in [7, 11) is 3.35. The first-order valence-electron chi connectivity index (χ1n) is 8.65. The number of halogens is 1. The fraction of sp³-hybridized carbons (Fsp3) is 0.882. The number of hydrogen-bond acceptors (Lipinski definition) is 5. The Morgan fingerprint density at radius 2 is 1.92 bits per heavy atom. The monoisotopic (exact) mass is 486 g/mol. The molecule has 0 saturated carbocycles. The second-order valence-corrected chi connectivity index (χ2v) is 7.56. The standard InChI is InChI=1S/C17H34N4O4.HI/c1-12-13(11-20-14(18-7)19-9-10-23-8)21(17(5,6)24-12)15(22)25-16(2,3)4;/h12-13H,9-11H2,1-8H3,(H2,18,19,20);1H. The summed E-state index contributed by atoms with van der Waals surface area (Å²) in [6.07, 6.45) is -0.511. The van der Waals surface area contributed by atoms with E-state index in [1.165, 1.54) is 0 Å². The van der Waals surface area contributed by atoms with E-state index in [4.69, 9.17) is 14.2 Å². The van der Waals surface area contributed by atoms with Gasteiger partial charge in [-0.05, 0) is 41.5 Å². The van der Waals surface area contributed by atoms with E-state index < -0.39 is 11.3 Å². The summed E-state index contributed by atoms with van der Waals surface area (Å²) >= 11 is 0. The number of hydrogen-bond donors (Lipinski definition) is 2. The van der Waals surface area contributed by atoms with Gasteiger partial charge in [-0.15, -0.1) is 24.0 Å². The highest BCUT2D eigenvalue weighted by Gasteiger charge is 2.49. The van der Waals surface area contributed by atoms with Gasteiger partial charge in [0, 0.05) is 27.2 Å². The number of rotatable bonds is 5. The molecule has 0 bridgehead atoms. The summed E-state index contributed by atoms with van der Waals surface area (Å²) in [4.78, 5) is 18.5. The Kier molecular flexibility index (Phi) is 10.2. The van der Waals surface area contributed by atoms with Crippen LogP contribution in [0.1, 0.15) is 41.5 Å². The fourth-order valence-electron chi connectivity index (χ4n) is 2.82. The molecule has 2 atom stereocenters. The van der Waals surface area contributed by atoms with E-state index in [1.54, 1.807) is 19.1 Å². The number of aliphatic imine (C=N–C) groups is 1. The van der Waals surface area contributed by atoms with Crippen molar-refractivity contribution in [1.29, 1.82) is 0 Å². The minimum Gasteiger partial charge on any atom is -0.444 e. The molecule has 2 N–H and O–H groups in total. The highest BCUT2D eigenvalue weighted by Crippen LogP contribution is 2.33. The Morgan fingerprint density at radius 1 is 1.31 bits per heavy atom. The van der Waals surface area contributed by atoms with Crippen molar-refractivity contribution >= 4 is 36.0 Å². The largest absolute Gasteiger partial charge is 0.444 e. The van der Waals surface area contributed by atoms with Crippen LogP contribution < -0.4 is 10.6 Å². The van der Waals surface area contributed by atoms with Crippen molar-refractivity contribution < 1.29 is 19.0 Å². The van der Waals surface area contributed by atoms with Gasteiger partial charge < -0.3 is 24.8 Å². The first-order valence-corrected chi connectivity index (χ1v) is 8.65. The highest BCUT2D eigenvalue weighted by atomic mass is 127. The van der Waals surface area contributed by atoms with Gasteiger partial charge in [0.05, 0.1) is 18.8 Å². The second-order valence-electron chi connectivity index (χ2n) is 7.56. The molecule has 26 heavy (non-hydrogen) atoms. The molecular formula is C17H35IN4O4. The van der Waals surface area contributed by atoms with Gasteiger partial charge in [-0.1, -0.05) is 0 Å². The Bertz CT molecular complexity index is 480. The van der Waals surface area contributed by atoms with Crippen LogP contribution >= 0.6 is 24.0 Å². The van der Waals surface area contributed by atoms with Crippen LogP contribution in [0.4, 0.5) is 4.79 Å². The number of methoxy groups -OCH3 is 1. The molecule has 1 aliphatic rings.